The van der Waals surface area contributed by atoms with E-state index in [0.29, 0.717) is 5.56 Å². The summed E-state index contributed by atoms with van der Waals surface area (Å²) in [5.41, 5.74) is -5.43. The molecule has 1 aromatic carbocycles. The first-order valence-electron chi connectivity index (χ1n) is 11.7. The van der Waals surface area contributed by atoms with Crippen LogP contribution >= 0.6 is 0 Å². The van der Waals surface area contributed by atoms with Gasteiger partial charge in [0.25, 0.3) is 5.69 Å². The molecule has 1 aromatic rings. The van der Waals surface area contributed by atoms with Crippen molar-refractivity contribution >= 4 is 30.0 Å². The Balaban J connectivity index is 1.98. The molecule has 0 aromatic heterocycles. The standard InChI is InChI=1S/C23H31F3N2O7SSi/c1-13-19-18(14(2)35-37(6,7)22(3,4)5)21(29)27(19)17(20(13)34-36(32,33)23(24,25)26)12-15-8-10-16(11-9-15)28(30)31/h8-11,13-14,18-19H,12H2,1-7H3/t13-,14-,18-,19-/m1/s1. The lowest BCUT2D eigenvalue weighted by Gasteiger charge is -2.50. The lowest BCUT2D eigenvalue weighted by molar-refractivity contribution is -0.384. The number of carbonyl (C=O) groups excluding carboxylic acids is 1. The first-order chi connectivity index (χ1) is 16.7. The van der Waals surface area contributed by atoms with E-state index in [1.54, 1.807) is 6.92 Å². The van der Waals surface area contributed by atoms with Gasteiger partial charge in [0.2, 0.25) is 5.91 Å². The van der Waals surface area contributed by atoms with E-state index in [0.717, 1.165) is 0 Å². The third-order valence-corrected chi connectivity index (χ3v) is 13.0. The summed E-state index contributed by atoms with van der Waals surface area (Å²) >= 11 is 0. The molecule has 9 nitrogen and oxygen atoms in total. The van der Waals surface area contributed by atoms with Crippen molar-refractivity contribution in [3.05, 3.63) is 51.4 Å². The number of benzene rings is 1. The van der Waals surface area contributed by atoms with Crippen LogP contribution in [0.1, 0.15) is 40.2 Å². The summed E-state index contributed by atoms with van der Waals surface area (Å²) in [6.45, 7) is 13.4. The number of halogens is 3. The van der Waals surface area contributed by atoms with Crippen LogP contribution in [0.3, 0.4) is 0 Å². The van der Waals surface area contributed by atoms with Gasteiger partial charge < -0.3 is 13.5 Å². The fraction of sp³-hybridized carbons (Fsp3) is 0.609. The monoisotopic (exact) mass is 564 g/mol. The molecule has 2 heterocycles. The number of allylic oxidation sites excluding steroid dienone is 1. The van der Waals surface area contributed by atoms with E-state index in [2.05, 4.69) is 4.18 Å². The first-order valence-corrected chi connectivity index (χ1v) is 16.0. The minimum atomic E-state index is -5.99. The number of β-lactam (4-membered cyclic amide) rings is 1. The molecule has 0 bridgehead atoms. The number of rotatable bonds is 8. The van der Waals surface area contributed by atoms with E-state index < -0.39 is 64.5 Å². The molecule has 206 valence electrons. The van der Waals surface area contributed by atoms with Crippen molar-refractivity contribution in [3.8, 4) is 0 Å². The molecule has 0 aliphatic carbocycles. The highest BCUT2D eigenvalue weighted by molar-refractivity contribution is 7.87. The van der Waals surface area contributed by atoms with Crippen LogP contribution in [0.15, 0.2) is 35.7 Å². The average molecular weight is 565 g/mol. The lowest BCUT2D eigenvalue weighted by atomic mass is 9.79. The van der Waals surface area contributed by atoms with Gasteiger partial charge in [-0.3, -0.25) is 14.9 Å². The van der Waals surface area contributed by atoms with Crippen LogP contribution in [0.25, 0.3) is 0 Å². The Labute approximate surface area is 215 Å². The van der Waals surface area contributed by atoms with Crippen LogP contribution in [0.5, 0.6) is 0 Å². The molecule has 2 aliphatic rings. The highest BCUT2D eigenvalue weighted by Gasteiger charge is 2.62. The van der Waals surface area contributed by atoms with Gasteiger partial charge in [0, 0.05) is 24.5 Å². The number of nitro benzene ring substituents is 1. The number of nitrogens with zero attached hydrogens (tertiary/aromatic N) is 2. The van der Waals surface area contributed by atoms with E-state index in [4.69, 9.17) is 4.43 Å². The summed E-state index contributed by atoms with van der Waals surface area (Å²) in [5.74, 6) is -2.43. The number of carbonyl (C=O) groups is 1. The molecule has 0 spiro atoms. The topological polar surface area (TPSA) is 116 Å². The first kappa shape index (κ1) is 29.1. The molecule has 4 atom stereocenters. The molecule has 0 unspecified atom stereocenters. The maximum atomic E-state index is 13.3. The third-order valence-electron chi connectivity index (χ3n) is 7.48. The van der Waals surface area contributed by atoms with Crippen molar-refractivity contribution in [2.45, 2.75) is 76.8 Å². The average Bonchev–Trinajstić information content (AvgIpc) is 2.94. The summed E-state index contributed by atoms with van der Waals surface area (Å²) in [5, 5.41) is 10.8. The minimum absolute atomic E-state index is 0.0139. The van der Waals surface area contributed by atoms with Crippen molar-refractivity contribution in [2.24, 2.45) is 11.8 Å². The maximum Gasteiger partial charge on any atom is 0.534 e. The van der Waals surface area contributed by atoms with Gasteiger partial charge in [-0.2, -0.15) is 21.6 Å². The van der Waals surface area contributed by atoms with Gasteiger partial charge in [-0.25, -0.2) is 0 Å². The molecule has 0 radical (unpaired) electrons. The molecule has 0 N–H and O–H groups in total. The number of non-ortho nitro benzene ring substituents is 1. The second-order valence-corrected chi connectivity index (χ2v) is 17.3. The molecule has 1 saturated heterocycles. The molecule has 14 heteroatoms. The van der Waals surface area contributed by atoms with E-state index in [9.17, 15) is 36.5 Å². The number of hydrogen-bond acceptors (Lipinski definition) is 7. The molecule has 37 heavy (non-hydrogen) atoms. The number of fused-ring (bicyclic) bond motifs is 1. The predicted octanol–water partition coefficient (Wildman–Crippen LogP) is 5.10. The summed E-state index contributed by atoms with van der Waals surface area (Å²) in [7, 11) is -8.29. The Morgan fingerprint density at radius 2 is 1.70 bits per heavy atom. The van der Waals surface area contributed by atoms with Gasteiger partial charge >= 0.3 is 15.6 Å². The van der Waals surface area contributed by atoms with Gasteiger partial charge in [0.1, 0.15) is 5.76 Å². The Bertz CT molecular complexity index is 1220. The largest absolute Gasteiger partial charge is 0.534 e. The van der Waals surface area contributed by atoms with E-state index >= 15 is 0 Å². The zero-order valence-electron chi connectivity index (χ0n) is 21.6. The number of hydrogen-bond donors (Lipinski definition) is 0. The maximum absolute atomic E-state index is 13.3. The molecular weight excluding hydrogens is 533 g/mol. The molecule has 0 saturated carbocycles. The second kappa shape index (κ2) is 9.38. The Hall–Kier alpha value is -2.45. The molecular formula is C23H31F3N2O7SSi. The van der Waals surface area contributed by atoms with Crippen molar-refractivity contribution in [3.63, 3.8) is 0 Å². The van der Waals surface area contributed by atoms with Crippen molar-refractivity contribution in [1.82, 2.24) is 4.90 Å². The van der Waals surface area contributed by atoms with Crippen molar-refractivity contribution in [1.29, 1.82) is 0 Å². The van der Waals surface area contributed by atoms with Crippen LogP contribution < -0.4 is 0 Å². The summed E-state index contributed by atoms with van der Waals surface area (Å²) in [6.07, 6.45) is -0.714. The van der Waals surface area contributed by atoms with E-state index in [1.807, 2.05) is 33.9 Å². The SMILES string of the molecule is C[C@@H](O[Si](C)(C)C(C)(C)C)[C@H]1C(=O)N2C(Cc3ccc([N+](=O)[O-])cc3)=C(OS(=O)(=O)C(F)(F)F)[C@H](C)[C@H]12. The Morgan fingerprint density at radius 3 is 2.16 bits per heavy atom. The fourth-order valence-electron chi connectivity index (χ4n) is 4.50. The van der Waals surface area contributed by atoms with Crippen LogP contribution in [-0.4, -0.2) is 50.1 Å². The number of alkyl halides is 3. The van der Waals surface area contributed by atoms with Crippen LogP contribution in [0, 0.1) is 22.0 Å². The van der Waals surface area contributed by atoms with Gasteiger partial charge in [-0.15, -0.1) is 0 Å². The Kier molecular flexibility index (Phi) is 7.38. The zero-order chi connectivity index (χ0) is 28.3. The Morgan fingerprint density at radius 1 is 1.16 bits per heavy atom. The normalized spacial score (nSPS) is 23.6. The van der Waals surface area contributed by atoms with Gasteiger partial charge in [0.15, 0.2) is 8.32 Å². The molecule has 3 rings (SSSR count). The predicted molar refractivity (Wildman–Crippen MR) is 131 cm³/mol. The third kappa shape index (κ3) is 5.28. The molecule has 2 aliphatic heterocycles. The summed E-state index contributed by atoms with van der Waals surface area (Å²) in [4.78, 5) is 25.0. The van der Waals surface area contributed by atoms with E-state index in [1.165, 1.54) is 36.1 Å². The van der Waals surface area contributed by atoms with Crippen LogP contribution in [0.2, 0.25) is 18.1 Å². The van der Waals surface area contributed by atoms with Crippen LogP contribution in [-0.2, 0) is 29.9 Å². The highest BCUT2D eigenvalue weighted by Crippen LogP contribution is 2.51. The second-order valence-electron chi connectivity index (χ2n) is 11.0. The number of nitro groups is 1. The summed E-state index contributed by atoms with van der Waals surface area (Å²) in [6, 6.07) is 4.57. The quantitative estimate of drug-likeness (QED) is 0.108. The van der Waals surface area contributed by atoms with Gasteiger partial charge in [0.05, 0.1) is 28.7 Å². The smallest absolute Gasteiger partial charge is 0.413 e. The lowest BCUT2D eigenvalue weighted by Crippen LogP contribution is -2.64. The molecule has 1 amide bonds. The fourth-order valence-corrected chi connectivity index (χ4v) is 6.51. The van der Waals surface area contributed by atoms with Gasteiger partial charge in [-0.05, 0) is 30.6 Å². The van der Waals surface area contributed by atoms with Crippen molar-refractivity contribution in [2.75, 3.05) is 0 Å². The summed E-state index contributed by atoms with van der Waals surface area (Å²) < 4.78 is 74.4. The van der Waals surface area contributed by atoms with E-state index in [-0.39, 0.29) is 22.8 Å². The van der Waals surface area contributed by atoms with Crippen LogP contribution in [0.4, 0.5) is 18.9 Å². The number of amides is 1. The zero-order valence-corrected chi connectivity index (χ0v) is 23.4. The minimum Gasteiger partial charge on any atom is -0.413 e. The highest BCUT2D eigenvalue weighted by atomic mass is 32.2. The molecule has 1 fully saturated rings. The van der Waals surface area contributed by atoms with Gasteiger partial charge in [-0.1, -0.05) is 39.8 Å². The van der Waals surface area contributed by atoms with Crippen molar-refractivity contribution < 1.29 is 39.9 Å².